The Labute approximate surface area is 220 Å². The molecule has 0 fully saturated rings. The number of benzene rings is 1. The van der Waals surface area contributed by atoms with Crippen molar-refractivity contribution in [1.29, 1.82) is 0 Å². The van der Waals surface area contributed by atoms with Crippen molar-refractivity contribution in [3.8, 4) is 0 Å². The number of aliphatic carboxylic acids is 2. The summed E-state index contributed by atoms with van der Waals surface area (Å²) in [5.41, 5.74) is 6.14. The van der Waals surface area contributed by atoms with Gasteiger partial charge in [-0.3, -0.25) is 4.98 Å². The molecule has 1 aromatic carbocycles. The summed E-state index contributed by atoms with van der Waals surface area (Å²) in [6.07, 6.45) is -0.486. The predicted molar refractivity (Wildman–Crippen MR) is 142 cm³/mol. The highest BCUT2D eigenvalue weighted by Gasteiger charge is 2.29. The lowest BCUT2D eigenvalue weighted by molar-refractivity contribution is -0.165. The first-order chi connectivity index (χ1) is 16.9. The van der Waals surface area contributed by atoms with Crippen LogP contribution in [0.5, 0.6) is 0 Å². The second-order valence-corrected chi connectivity index (χ2v) is 11.5. The van der Waals surface area contributed by atoms with Crippen molar-refractivity contribution in [1.82, 2.24) is 10.3 Å². The molecule has 0 amide bonds. The highest BCUT2D eigenvalue weighted by molar-refractivity contribution is 7.99. The van der Waals surface area contributed by atoms with Crippen molar-refractivity contribution in [3.05, 3.63) is 57.9 Å². The number of thioether (sulfide) groups is 1. The number of aromatic nitrogens is 1. The quantitative estimate of drug-likeness (QED) is 0.295. The summed E-state index contributed by atoms with van der Waals surface area (Å²) in [4.78, 5) is 24.2. The zero-order chi connectivity index (χ0) is 26.9. The molecule has 0 saturated carbocycles. The molecule has 2 aromatic rings. The van der Waals surface area contributed by atoms with E-state index < -0.39 is 24.1 Å². The van der Waals surface area contributed by atoms with Gasteiger partial charge in [0.2, 0.25) is 0 Å². The summed E-state index contributed by atoms with van der Waals surface area (Å²) in [5, 5.41) is 40.3. The van der Waals surface area contributed by atoms with E-state index in [0.29, 0.717) is 0 Å². The van der Waals surface area contributed by atoms with E-state index in [0.717, 1.165) is 54.6 Å². The van der Waals surface area contributed by atoms with Crippen LogP contribution in [0.25, 0.3) is 0 Å². The van der Waals surface area contributed by atoms with E-state index in [1.54, 1.807) is 0 Å². The molecule has 198 valence electrons. The number of nitrogens with zero attached hydrogens (tertiary/aromatic N) is 1. The normalized spacial score (nSPS) is 14.9. The van der Waals surface area contributed by atoms with Crippen LogP contribution in [0.1, 0.15) is 43.2 Å². The fourth-order valence-corrected chi connectivity index (χ4v) is 4.33. The van der Waals surface area contributed by atoms with Gasteiger partial charge >= 0.3 is 11.9 Å². The van der Waals surface area contributed by atoms with Crippen molar-refractivity contribution in [3.63, 3.8) is 0 Å². The zero-order valence-electron chi connectivity index (χ0n) is 20.6. The highest BCUT2D eigenvalue weighted by Crippen LogP contribution is 2.31. The molecule has 11 heteroatoms. The third-order valence-electron chi connectivity index (χ3n) is 5.30. The van der Waals surface area contributed by atoms with E-state index in [1.807, 2.05) is 24.0 Å². The molecule has 0 bridgehead atoms. The number of rotatable bonds is 8. The lowest BCUT2D eigenvalue weighted by atomic mass is 10.0. The fourth-order valence-electron chi connectivity index (χ4n) is 3.33. The van der Waals surface area contributed by atoms with Crippen molar-refractivity contribution >= 4 is 41.0 Å². The maximum atomic E-state index is 9.77. The molecule has 1 aromatic heterocycles. The second-order valence-electron chi connectivity index (χ2n) is 9.29. The number of carboxylic acid groups (broad SMARTS) is 2. The summed E-state index contributed by atoms with van der Waals surface area (Å²) < 4.78 is 0.263. The van der Waals surface area contributed by atoms with Gasteiger partial charge in [0.25, 0.3) is 0 Å². The monoisotopic (exact) mass is 539 g/mol. The molecular weight excluding hydrogens is 506 g/mol. The van der Waals surface area contributed by atoms with Crippen LogP contribution in [0.4, 0.5) is 5.69 Å². The third-order valence-corrected chi connectivity index (χ3v) is 6.92. The topological polar surface area (TPSA) is 152 Å². The van der Waals surface area contributed by atoms with Gasteiger partial charge in [0.15, 0.2) is 12.2 Å². The molecule has 1 aliphatic heterocycles. The molecule has 0 aliphatic carbocycles. The van der Waals surface area contributed by atoms with Gasteiger partial charge in [-0.1, -0.05) is 44.5 Å². The van der Waals surface area contributed by atoms with Gasteiger partial charge in [-0.2, -0.15) is 0 Å². The molecule has 2 heterocycles. The van der Waals surface area contributed by atoms with Crippen molar-refractivity contribution < 1.29 is 30.0 Å². The van der Waals surface area contributed by atoms with Crippen LogP contribution in [-0.4, -0.2) is 67.4 Å². The first kappa shape index (κ1) is 29.9. The van der Waals surface area contributed by atoms with E-state index in [9.17, 15) is 9.59 Å². The number of carboxylic acids is 2. The van der Waals surface area contributed by atoms with Crippen LogP contribution in [0.3, 0.4) is 0 Å². The Hall–Kier alpha value is -2.37. The number of aliphatic hydroxyl groups excluding tert-OH is 2. The average Bonchev–Trinajstić information content (AvgIpc) is 3.07. The smallest absolute Gasteiger partial charge is 0.335 e. The van der Waals surface area contributed by atoms with E-state index in [4.69, 9.17) is 32.0 Å². The lowest BCUT2D eigenvalue weighted by Gasteiger charge is -2.17. The van der Waals surface area contributed by atoms with Crippen molar-refractivity contribution in [2.45, 2.75) is 62.9 Å². The second kappa shape index (κ2) is 13.8. The molecule has 0 saturated heterocycles. The fraction of sp³-hybridized carbons (Fsp3) is 0.480. The minimum Gasteiger partial charge on any atom is -0.479 e. The maximum absolute atomic E-state index is 9.77. The van der Waals surface area contributed by atoms with Crippen LogP contribution in [0, 0.1) is 0 Å². The number of aliphatic hydroxyl groups is 2. The Bertz CT molecular complexity index is 1010. The van der Waals surface area contributed by atoms with Crippen molar-refractivity contribution in [2.24, 2.45) is 0 Å². The Morgan fingerprint density at radius 3 is 2.28 bits per heavy atom. The standard InChI is InChI=1S/C21H28ClN3S.C4H6O6/c1-21(2,3)26-14-17-6-4-15(12-24-17)13-25-20-18-9-11-23-10-8-16(18)5-7-19(20)22;5-1(3(7)8)2(6)4(9)10/h4-7,12,23,25H,8-11,13-14H2,1-3H3;1-2,5-6H,(H,7,8)(H,9,10)/t;1-,2-/m.1/s1. The molecule has 2 atom stereocenters. The van der Waals surface area contributed by atoms with E-state index >= 15 is 0 Å². The van der Waals surface area contributed by atoms with Gasteiger partial charge < -0.3 is 31.1 Å². The Morgan fingerprint density at radius 2 is 1.72 bits per heavy atom. The average molecular weight is 540 g/mol. The first-order valence-corrected chi connectivity index (χ1v) is 12.9. The van der Waals surface area contributed by atoms with Crippen LogP contribution in [0.2, 0.25) is 5.02 Å². The van der Waals surface area contributed by atoms with Gasteiger partial charge in [-0.05, 0) is 54.8 Å². The van der Waals surface area contributed by atoms with E-state index in [1.165, 1.54) is 16.7 Å². The Kier molecular flexibility index (Phi) is 11.4. The number of nitrogens with one attached hydrogen (secondary N) is 2. The first-order valence-electron chi connectivity index (χ1n) is 11.5. The molecule has 36 heavy (non-hydrogen) atoms. The number of hydrogen-bond donors (Lipinski definition) is 6. The number of carbonyl (C=O) groups is 2. The Morgan fingerprint density at radius 1 is 1.08 bits per heavy atom. The molecule has 0 spiro atoms. The van der Waals surface area contributed by atoms with Gasteiger partial charge in [-0.25, -0.2) is 9.59 Å². The molecule has 1 aliphatic rings. The van der Waals surface area contributed by atoms with Gasteiger partial charge in [0.1, 0.15) is 0 Å². The Balaban J connectivity index is 0.000000388. The van der Waals surface area contributed by atoms with E-state index in [-0.39, 0.29) is 4.75 Å². The number of pyridine rings is 1. The largest absolute Gasteiger partial charge is 0.479 e. The van der Waals surface area contributed by atoms with Crippen LogP contribution < -0.4 is 10.6 Å². The minimum absolute atomic E-state index is 0.263. The minimum atomic E-state index is -2.27. The van der Waals surface area contributed by atoms with Crippen molar-refractivity contribution in [2.75, 3.05) is 18.4 Å². The summed E-state index contributed by atoms with van der Waals surface area (Å²) in [7, 11) is 0. The molecule has 6 N–H and O–H groups in total. The lowest BCUT2D eigenvalue weighted by Crippen LogP contribution is -2.39. The van der Waals surface area contributed by atoms with Gasteiger partial charge in [-0.15, -0.1) is 11.8 Å². The van der Waals surface area contributed by atoms with Crippen LogP contribution in [-0.2, 0) is 34.7 Å². The van der Waals surface area contributed by atoms with Crippen LogP contribution in [0.15, 0.2) is 30.5 Å². The molecule has 0 radical (unpaired) electrons. The van der Waals surface area contributed by atoms with Gasteiger partial charge in [0, 0.05) is 23.2 Å². The maximum Gasteiger partial charge on any atom is 0.335 e. The number of fused-ring (bicyclic) bond motifs is 1. The summed E-state index contributed by atoms with van der Waals surface area (Å²) in [6.45, 7) is 9.48. The summed E-state index contributed by atoms with van der Waals surface area (Å²) in [5.74, 6) is -2.59. The van der Waals surface area contributed by atoms with E-state index in [2.05, 4.69) is 54.6 Å². The SMILES string of the molecule is CC(C)(C)SCc1ccc(CNc2c(Cl)ccc3c2CCNCC3)cn1.O=C(O)[C@H](O)[C@@H](O)C(=O)O. The highest BCUT2D eigenvalue weighted by atomic mass is 35.5. The molecule has 3 rings (SSSR count). The molecular formula is C25H34ClN3O6S. The zero-order valence-corrected chi connectivity index (χ0v) is 22.2. The number of anilines is 1. The number of hydrogen-bond acceptors (Lipinski definition) is 8. The third kappa shape index (κ3) is 9.59. The van der Waals surface area contributed by atoms with Gasteiger partial charge in [0.05, 0.1) is 16.4 Å². The molecule has 0 unspecified atom stereocenters. The number of halogens is 1. The molecule has 9 nitrogen and oxygen atoms in total. The van der Waals surface area contributed by atoms with Crippen LogP contribution >= 0.6 is 23.4 Å². The predicted octanol–water partition coefficient (Wildman–Crippen LogP) is 2.94. The summed E-state index contributed by atoms with van der Waals surface area (Å²) >= 11 is 8.41. The summed E-state index contributed by atoms with van der Waals surface area (Å²) in [6, 6.07) is 8.47.